The number of carbonyl (C=O) groups is 3. The maximum atomic E-state index is 12.1. The molecule has 44 heavy (non-hydrogen) atoms. The van der Waals surface area contributed by atoms with Gasteiger partial charge in [0.1, 0.15) is 18.0 Å². The van der Waals surface area contributed by atoms with E-state index in [1.165, 1.54) is 11.1 Å². The van der Waals surface area contributed by atoms with Crippen LogP contribution < -0.4 is 0 Å². The van der Waals surface area contributed by atoms with E-state index in [9.17, 15) is 14.4 Å². The normalized spacial score (nSPS) is 23.6. The van der Waals surface area contributed by atoms with Crippen LogP contribution in [0.3, 0.4) is 0 Å². The topological polar surface area (TPSA) is 108 Å². The molecule has 1 N–H and O–H groups in total. The zero-order chi connectivity index (χ0) is 32.6. The van der Waals surface area contributed by atoms with Gasteiger partial charge in [0.25, 0.3) is 0 Å². The number of phenolic OH excluding ortho intramolecular Hbond substituents is 1. The van der Waals surface area contributed by atoms with E-state index in [4.69, 9.17) is 24.1 Å². The maximum Gasteiger partial charge on any atom is 0.340 e. The Balaban J connectivity index is 0.000000191. The van der Waals surface area contributed by atoms with Gasteiger partial charge in [-0.15, -0.1) is 0 Å². The molecule has 5 rings (SSSR count). The van der Waals surface area contributed by atoms with Gasteiger partial charge in [0.05, 0.1) is 17.4 Å². The highest BCUT2D eigenvalue weighted by Gasteiger charge is 2.63. The van der Waals surface area contributed by atoms with E-state index < -0.39 is 6.29 Å². The highest BCUT2D eigenvalue weighted by Crippen LogP contribution is 2.55. The summed E-state index contributed by atoms with van der Waals surface area (Å²) in [5.74, 6) is 0.355. The number of fused-ring (bicyclic) bond motifs is 1. The molecule has 2 aromatic carbocycles. The summed E-state index contributed by atoms with van der Waals surface area (Å²) in [5.41, 5.74) is 2.78. The Morgan fingerprint density at radius 1 is 0.932 bits per heavy atom. The second kappa shape index (κ2) is 15.6. The van der Waals surface area contributed by atoms with Crippen molar-refractivity contribution in [1.82, 2.24) is 0 Å². The Hall–Kier alpha value is -3.39. The molecule has 1 aliphatic heterocycles. The van der Waals surface area contributed by atoms with Crippen LogP contribution in [0.15, 0.2) is 48.5 Å². The molecule has 8 nitrogen and oxygen atoms in total. The van der Waals surface area contributed by atoms with Gasteiger partial charge in [-0.05, 0) is 68.0 Å². The van der Waals surface area contributed by atoms with E-state index in [-0.39, 0.29) is 47.4 Å². The molecular formula is C36H50O8. The number of phenols is 1. The van der Waals surface area contributed by atoms with Crippen molar-refractivity contribution in [2.24, 2.45) is 29.1 Å². The molecule has 2 aliphatic carbocycles. The van der Waals surface area contributed by atoms with Crippen molar-refractivity contribution in [3.63, 3.8) is 0 Å². The van der Waals surface area contributed by atoms with Gasteiger partial charge in [-0.3, -0.25) is 9.59 Å². The summed E-state index contributed by atoms with van der Waals surface area (Å²) in [7, 11) is 0. The van der Waals surface area contributed by atoms with Gasteiger partial charge in [-0.2, -0.15) is 0 Å². The third kappa shape index (κ3) is 9.07. The Labute approximate surface area is 262 Å². The summed E-state index contributed by atoms with van der Waals surface area (Å²) >= 11 is 0. The number of ether oxygens (including phenoxy) is 4. The summed E-state index contributed by atoms with van der Waals surface area (Å²) in [6.07, 6.45) is 2.95. The largest absolute Gasteiger partial charge is 0.508 e. The van der Waals surface area contributed by atoms with Crippen LogP contribution in [0, 0.1) is 29.1 Å². The van der Waals surface area contributed by atoms with Crippen LogP contribution in [-0.2, 0) is 41.4 Å². The lowest BCUT2D eigenvalue weighted by Gasteiger charge is -2.29. The molecular weight excluding hydrogens is 560 g/mol. The molecule has 8 heteroatoms. The number of aryl methyl sites for hydroxylation is 2. The van der Waals surface area contributed by atoms with Crippen LogP contribution in [0.5, 0.6) is 5.75 Å². The minimum Gasteiger partial charge on any atom is -0.508 e. The summed E-state index contributed by atoms with van der Waals surface area (Å²) in [4.78, 5) is 35.1. The lowest BCUT2D eigenvalue weighted by atomic mass is 9.88. The molecule has 242 valence electrons. The highest BCUT2D eigenvalue weighted by molar-refractivity contribution is 5.89. The molecule has 3 aliphatic rings. The molecule has 2 saturated carbocycles. The SMILES string of the molecule is CC(C)C(=O)OC1C2CC3C(=O)OC1C3C2.CCOC(OC(=O)c1ccc(CC)cc1)C(C)(C)C.CCc1ccc(O)cc1. The number of hydrogen-bond donors (Lipinski definition) is 1. The quantitative estimate of drug-likeness (QED) is 0.195. The third-order valence-electron chi connectivity index (χ3n) is 8.32. The molecule has 3 fully saturated rings. The fraction of sp³-hybridized carbons (Fsp3) is 0.583. The molecule has 0 spiro atoms. The van der Waals surface area contributed by atoms with E-state index in [1.807, 2.05) is 65.8 Å². The minimum absolute atomic E-state index is 0.0828. The zero-order valence-electron chi connectivity index (χ0n) is 27.5. The lowest BCUT2D eigenvalue weighted by Crippen LogP contribution is -2.36. The second-order valence-corrected chi connectivity index (χ2v) is 13.1. The monoisotopic (exact) mass is 610 g/mol. The standard InChI is InChI=1S/C16H24O3.C12H16O4.C8H10O/c1-6-12-8-10-13(11-9-12)14(17)19-15(18-7-2)16(3,4)5;1-5(2)11(13)15-9-6-3-7-8(4-6)12(14)16-10(7)9;1-2-7-3-5-8(9)6-4-7/h8-11,15H,6-7H2,1-5H3;5-10H,3-4H2,1-2H3;3-6,9H,2H2,1H3. The number of carbonyl (C=O) groups excluding carboxylic acids is 3. The Morgan fingerprint density at radius 2 is 1.50 bits per heavy atom. The van der Waals surface area contributed by atoms with Gasteiger partial charge in [0.2, 0.25) is 6.29 Å². The third-order valence-corrected chi connectivity index (χ3v) is 8.32. The second-order valence-electron chi connectivity index (χ2n) is 13.1. The first-order chi connectivity index (χ1) is 20.8. The van der Waals surface area contributed by atoms with E-state index >= 15 is 0 Å². The molecule has 2 aromatic rings. The van der Waals surface area contributed by atoms with Crippen molar-refractivity contribution in [2.45, 2.75) is 99.6 Å². The van der Waals surface area contributed by atoms with Crippen LogP contribution in [0.1, 0.15) is 89.7 Å². The first kappa shape index (κ1) is 35.1. The van der Waals surface area contributed by atoms with Crippen LogP contribution in [0.25, 0.3) is 0 Å². The van der Waals surface area contributed by atoms with Crippen molar-refractivity contribution >= 4 is 17.9 Å². The van der Waals surface area contributed by atoms with Crippen molar-refractivity contribution in [3.05, 3.63) is 65.2 Å². The zero-order valence-corrected chi connectivity index (χ0v) is 27.5. The Bertz CT molecular complexity index is 1230. The van der Waals surface area contributed by atoms with Crippen LogP contribution in [0.2, 0.25) is 0 Å². The summed E-state index contributed by atoms with van der Waals surface area (Å²) in [5, 5.41) is 8.85. The molecule has 0 amide bonds. The average Bonchev–Trinajstić information content (AvgIpc) is 3.63. The van der Waals surface area contributed by atoms with E-state index in [2.05, 4.69) is 13.8 Å². The van der Waals surface area contributed by atoms with Crippen LogP contribution >= 0.6 is 0 Å². The van der Waals surface area contributed by atoms with Gasteiger partial charge in [-0.25, -0.2) is 4.79 Å². The molecule has 1 saturated heterocycles. The molecule has 6 unspecified atom stereocenters. The number of aromatic hydroxyl groups is 1. The first-order valence-electron chi connectivity index (χ1n) is 15.9. The molecule has 0 radical (unpaired) electrons. The molecule has 1 heterocycles. The Kier molecular flexibility index (Phi) is 12.4. The van der Waals surface area contributed by atoms with Crippen LogP contribution in [0.4, 0.5) is 0 Å². The average molecular weight is 611 g/mol. The molecule has 0 aromatic heterocycles. The van der Waals surface area contributed by atoms with Gasteiger partial charge < -0.3 is 24.1 Å². The Morgan fingerprint density at radius 3 is 2.00 bits per heavy atom. The summed E-state index contributed by atoms with van der Waals surface area (Å²) in [6, 6.07) is 14.8. The summed E-state index contributed by atoms with van der Waals surface area (Å²) in [6.45, 7) is 16.2. The van der Waals surface area contributed by atoms with Gasteiger partial charge >= 0.3 is 17.9 Å². The van der Waals surface area contributed by atoms with Crippen LogP contribution in [-0.4, -0.2) is 48.1 Å². The van der Waals surface area contributed by atoms with E-state index in [1.54, 1.807) is 24.3 Å². The smallest absolute Gasteiger partial charge is 0.340 e. The fourth-order valence-electron chi connectivity index (χ4n) is 5.72. The summed E-state index contributed by atoms with van der Waals surface area (Å²) < 4.78 is 21.7. The lowest BCUT2D eigenvalue weighted by molar-refractivity contribution is -0.164. The molecule has 6 atom stereocenters. The predicted octanol–water partition coefficient (Wildman–Crippen LogP) is 6.90. The number of esters is 3. The highest BCUT2D eigenvalue weighted by atomic mass is 16.7. The minimum atomic E-state index is -0.532. The fourth-order valence-corrected chi connectivity index (χ4v) is 5.72. The van der Waals surface area contributed by atoms with Crippen molar-refractivity contribution in [2.75, 3.05) is 6.61 Å². The molecule has 2 bridgehead atoms. The number of rotatable bonds is 8. The number of hydrogen-bond acceptors (Lipinski definition) is 8. The van der Waals surface area contributed by atoms with E-state index in [0.29, 0.717) is 29.8 Å². The van der Waals surface area contributed by atoms with Crippen molar-refractivity contribution in [3.8, 4) is 5.75 Å². The number of benzene rings is 2. The maximum absolute atomic E-state index is 12.1. The van der Waals surface area contributed by atoms with Crippen molar-refractivity contribution < 1.29 is 38.4 Å². The van der Waals surface area contributed by atoms with Gasteiger partial charge in [-0.1, -0.05) is 72.7 Å². The first-order valence-corrected chi connectivity index (χ1v) is 15.9. The van der Waals surface area contributed by atoms with Gasteiger partial charge in [0, 0.05) is 23.9 Å². The van der Waals surface area contributed by atoms with E-state index in [0.717, 1.165) is 25.7 Å². The van der Waals surface area contributed by atoms with Crippen molar-refractivity contribution in [1.29, 1.82) is 0 Å². The van der Waals surface area contributed by atoms with Gasteiger partial charge in [0.15, 0.2) is 0 Å². The predicted molar refractivity (Wildman–Crippen MR) is 168 cm³/mol.